The van der Waals surface area contributed by atoms with E-state index in [2.05, 4.69) is 0 Å². The summed E-state index contributed by atoms with van der Waals surface area (Å²) < 4.78 is 50.1. The van der Waals surface area contributed by atoms with Crippen molar-refractivity contribution in [2.24, 2.45) is 0 Å². The molecule has 0 heterocycles. The minimum Gasteiger partial charge on any atom is -0.491 e. The smallest absolute Gasteiger partial charge is 0.338 e. The minimum absolute atomic E-state index is 0.0248. The monoisotopic (exact) mass is 381 g/mol. The molecule has 5 nitrogen and oxygen atoms in total. The van der Waals surface area contributed by atoms with Crippen LogP contribution in [0.15, 0.2) is 36.4 Å². The number of hydrogen-bond acceptors (Lipinski definition) is 4. The molecule has 0 unspecified atom stereocenters. The summed E-state index contributed by atoms with van der Waals surface area (Å²) in [6, 6.07) is 7.65. The quantitative estimate of drug-likeness (QED) is 0.605. The molecule has 1 N–H and O–H groups in total. The molecular weight excluding hydrogens is 363 g/mol. The molecule has 0 saturated carbocycles. The maximum Gasteiger partial charge on any atom is 0.338 e. The van der Waals surface area contributed by atoms with Gasteiger partial charge in [0.15, 0.2) is 23.6 Å². The molecule has 0 aliphatic heterocycles. The normalized spacial score (nSPS) is 11.8. The molecule has 27 heavy (non-hydrogen) atoms. The predicted octanol–water partition coefficient (Wildman–Crippen LogP) is 4.08. The predicted molar refractivity (Wildman–Crippen MR) is 92.0 cm³/mol. The molecule has 0 radical (unpaired) electrons. The molecule has 8 heteroatoms. The zero-order valence-corrected chi connectivity index (χ0v) is 14.9. The van der Waals surface area contributed by atoms with Gasteiger partial charge in [-0.15, -0.1) is 0 Å². The zero-order valence-electron chi connectivity index (χ0n) is 14.9. The fraction of sp³-hybridized carbons (Fsp3) is 0.263. The number of halogens is 3. The molecule has 0 spiro atoms. The van der Waals surface area contributed by atoms with E-state index in [0.717, 1.165) is 6.07 Å². The Hall–Kier alpha value is -3.03. The number of anilines is 1. The third-order valence-electron chi connectivity index (χ3n) is 3.41. The molecule has 1 amide bonds. The van der Waals surface area contributed by atoms with Crippen molar-refractivity contribution < 1.29 is 32.2 Å². The molecule has 144 valence electrons. The Labute approximate surface area is 154 Å². The molecule has 2 aromatic rings. The van der Waals surface area contributed by atoms with Gasteiger partial charge in [0.25, 0.3) is 5.91 Å². The second-order valence-corrected chi connectivity index (χ2v) is 5.95. The third kappa shape index (κ3) is 5.22. The van der Waals surface area contributed by atoms with Gasteiger partial charge in [0.2, 0.25) is 0 Å². The summed E-state index contributed by atoms with van der Waals surface area (Å²) in [6.07, 6.45) is -1.32. The second kappa shape index (κ2) is 8.57. The fourth-order valence-electron chi connectivity index (χ4n) is 2.08. The lowest BCUT2D eigenvalue weighted by Crippen LogP contribution is -2.30. The van der Waals surface area contributed by atoms with E-state index in [0.29, 0.717) is 11.8 Å². The highest BCUT2D eigenvalue weighted by Crippen LogP contribution is 2.20. The lowest BCUT2D eigenvalue weighted by Gasteiger charge is -2.14. The number of hydrogen-bond donors (Lipinski definition) is 1. The molecular formula is C19H18F3NO4. The molecule has 0 aromatic heterocycles. The van der Waals surface area contributed by atoms with Gasteiger partial charge >= 0.3 is 5.97 Å². The second-order valence-electron chi connectivity index (χ2n) is 5.95. The van der Waals surface area contributed by atoms with E-state index in [1.807, 2.05) is 19.2 Å². The first kappa shape index (κ1) is 20.3. The Morgan fingerprint density at radius 3 is 2.15 bits per heavy atom. The van der Waals surface area contributed by atoms with Gasteiger partial charge in [0, 0.05) is 0 Å². The highest BCUT2D eigenvalue weighted by molar-refractivity contribution is 5.97. The van der Waals surface area contributed by atoms with Crippen molar-refractivity contribution in [3.63, 3.8) is 0 Å². The maximum atomic E-state index is 13.6. The Morgan fingerprint density at radius 2 is 1.56 bits per heavy atom. The number of rotatable bonds is 6. The van der Waals surface area contributed by atoms with Crippen LogP contribution in [0.3, 0.4) is 0 Å². The van der Waals surface area contributed by atoms with Crippen molar-refractivity contribution >= 4 is 17.6 Å². The SMILES string of the molecule is CC(C)Oc1ccc(C(=O)O[C@H](C)C(=O)Nc2ccc(F)c(F)c2F)cc1. The summed E-state index contributed by atoms with van der Waals surface area (Å²) in [5.74, 6) is -5.73. The lowest BCUT2D eigenvalue weighted by molar-refractivity contribution is -0.123. The molecule has 2 aromatic carbocycles. The van der Waals surface area contributed by atoms with E-state index in [1.54, 1.807) is 12.1 Å². The van der Waals surface area contributed by atoms with Gasteiger partial charge < -0.3 is 14.8 Å². The molecule has 0 saturated heterocycles. The largest absolute Gasteiger partial charge is 0.491 e. The van der Waals surface area contributed by atoms with Crippen LogP contribution in [0.4, 0.5) is 18.9 Å². The van der Waals surface area contributed by atoms with Crippen LogP contribution in [-0.2, 0) is 9.53 Å². The molecule has 2 rings (SSSR count). The van der Waals surface area contributed by atoms with E-state index in [9.17, 15) is 22.8 Å². The van der Waals surface area contributed by atoms with Gasteiger partial charge in [0.05, 0.1) is 17.4 Å². The Kier molecular flexibility index (Phi) is 6.44. The van der Waals surface area contributed by atoms with Gasteiger partial charge in [0.1, 0.15) is 5.75 Å². The van der Waals surface area contributed by atoms with Crippen LogP contribution < -0.4 is 10.1 Å². The Morgan fingerprint density at radius 1 is 0.926 bits per heavy atom. The standard InChI is InChI=1S/C19H18F3NO4/c1-10(2)26-13-6-4-12(5-7-13)19(25)27-11(3)18(24)23-15-9-8-14(20)16(21)17(15)22/h4-11H,1-3H3,(H,23,24)/t11-/m1/s1. The highest BCUT2D eigenvalue weighted by Gasteiger charge is 2.22. The fourth-order valence-corrected chi connectivity index (χ4v) is 2.08. The van der Waals surface area contributed by atoms with Gasteiger partial charge in [-0.1, -0.05) is 0 Å². The van der Waals surface area contributed by atoms with Gasteiger partial charge in [-0.2, -0.15) is 0 Å². The van der Waals surface area contributed by atoms with Crippen LogP contribution in [0.2, 0.25) is 0 Å². The zero-order chi connectivity index (χ0) is 20.1. The number of benzene rings is 2. The van der Waals surface area contributed by atoms with Crippen molar-refractivity contribution in [2.45, 2.75) is 33.0 Å². The molecule has 0 bridgehead atoms. The summed E-state index contributed by atoms with van der Waals surface area (Å²) in [5, 5.41) is 2.05. The number of nitrogens with one attached hydrogen (secondary N) is 1. The van der Waals surface area contributed by atoms with Gasteiger partial charge in [-0.25, -0.2) is 18.0 Å². The Balaban J connectivity index is 1.99. The van der Waals surface area contributed by atoms with Crippen LogP contribution in [0.5, 0.6) is 5.75 Å². The molecule has 0 aliphatic carbocycles. The first-order valence-corrected chi connectivity index (χ1v) is 8.11. The van der Waals surface area contributed by atoms with E-state index >= 15 is 0 Å². The number of ether oxygens (including phenoxy) is 2. The lowest BCUT2D eigenvalue weighted by atomic mass is 10.2. The number of carbonyl (C=O) groups is 2. The van der Waals surface area contributed by atoms with E-state index in [4.69, 9.17) is 9.47 Å². The number of esters is 1. The average Bonchev–Trinajstić information content (AvgIpc) is 2.62. The maximum absolute atomic E-state index is 13.6. The van der Waals surface area contributed by atoms with Gasteiger partial charge in [-0.05, 0) is 57.2 Å². The van der Waals surface area contributed by atoms with Crippen molar-refractivity contribution in [3.8, 4) is 5.75 Å². The van der Waals surface area contributed by atoms with E-state index in [1.165, 1.54) is 19.1 Å². The van der Waals surface area contributed by atoms with E-state index < -0.39 is 41.1 Å². The van der Waals surface area contributed by atoms with Crippen molar-refractivity contribution in [3.05, 3.63) is 59.4 Å². The van der Waals surface area contributed by atoms with Crippen LogP contribution >= 0.6 is 0 Å². The molecule has 0 aliphatic rings. The third-order valence-corrected chi connectivity index (χ3v) is 3.41. The van der Waals surface area contributed by atoms with Crippen molar-refractivity contribution in [1.82, 2.24) is 0 Å². The highest BCUT2D eigenvalue weighted by atomic mass is 19.2. The summed E-state index contributed by atoms with van der Waals surface area (Å²) in [7, 11) is 0. The summed E-state index contributed by atoms with van der Waals surface area (Å²) >= 11 is 0. The topological polar surface area (TPSA) is 64.6 Å². The minimum atomic E-state index is -1.71. The Bertz CT molecular complexity index is 838. The number of carbonyl (C=O) groups excluding carboxylic acids is 2. The van der Waals surface area contributed by atoms with E-state index in [-0.39, 0.29) is 11.7 Å². The van der Waals surface area contributed by atoms with Crippen LogP contribution in [0.1, 0.15) is 31.1 Å². The van der Waals surface area contributed by atoms with Crippen molar-refractivity contribution in [1.29, 1.82) is 0 Å². The summed E-state index contributed by atoms with van der Waals surface area (Å²) in [6.45, 7) is 4.98. The summed E-state index contributed by atoms with van der Waals surface area (Å²) in [5.41, 5.74) is -0.373. The average molecular weight is 381 g/mol. The first-order chi connectivity index (χ1) is 12.7. The van der Waals surface area contributed by atoms with Crippen LogP contribution in [-0.4, -0.2) is 24.1 Å². The first-order valence-electron chi connectivity index (χ1n) is 8.11. The summed E-state index contributed by atoms with van der Waals surface area (Å²) in [4.78, 5) is 24.1. The van der Waals surface area contributed by atoms with Gasteiger partial charge in [-0.3, -0.25) is 4.79 Å². The van der Waals surface area contributed by atoms with Crippen LogP contribution in [0.25, 0.3) is 0 Å². The van der Waals surface area contributed by atoms with Crippen molar-refractivity contribution in [2.75, 3.05) is 5.32 Å². The number of amides is 1. The van der Waals surface area contributed by atoms with Crippen LogP contribution in [0, 0.1) is 17.5 Å². The molecule has 0 fully saturated rings. The molecule has 1 atom stereocenters.